The van der Waals surface area contributed by atoms with Crippen molar-refractivity contribution in [3.05, 3.63) is 35.1 Å². The molecular formula is C12H12F5NO. The summed E-state index contributed by atoms with van der Waals surface area (Å²) in [5, 5.41) is 1.73. The Morgan fingerprint density at radius 2 is 1.89 bits per heavy atom. The normalized spacial score (nSPS) is 13.5. The molecule has 7 heteroatoms. The number of aryl methyl sites for hydroxylation is 1. The topological polar surface area (TPSA) is 29.1 Å². The first kappa shape index (κ1) is 15.4. The molecule has 0 radical (unpaired) electrons. The van der Waals surface area contributed by atoms with Crippen molar-refractivity contribution >= 4 is 5.91 Å². The van der Waals surface area contributed by atoms with E-state index in [1.165, 1.54) is 26.0 Å². The van der Waals surface area contributed by atoms with Crippen molar-refractivity contribution in [1.82, 2.24) is 5.32 Å². The van der Waals surface area contributed by atoms with Gasteiger partial charge in [0.05, 0.1) is 6.04 Å². The van der Waals surface area contributed by atoms with E-state index in [1.54, 1.807) is 5.32 Å². The number of hydrogen-bond donors (Lipinski definition) is 1. The molecule has 1 aromatic rings. The minimum Gasteiger partial charge on any atom is -0.344 e. The van der Waals surface area contributed by atoms with E-state index >= 15 is 0 Å². The van der Waals surface area contributed by atoms with Gasteiger partial charge in [0.15, 0.2) is 0 Å². The summed E-state index contributed by atoms with van der Waals surface area (Å²) in [6, 6.07) is 2.87. The molecule has 1 amide bonds. The number of amides is 1. The summed E-state index contributed by atoms with van der Waals surface area (Å²) >= 11 is 0. The molecule has 0 aliphatic carbocycles. The van der Waals surface area contributed by atoms with Gasteiger partial charge >= 0.3 is 12.3 Å². The lowest BCUT2D eigenvalue weighted by Crippen LogP contribution is -2.46. The first-order valence-electron chi connectivity index (χ1n) is 5.39. The minimum atomic E-state index is -4.77. The Labute approximate surface area is 106 Å². The zero-order chi connectivity index (χ0) is 14.8. The van der Waals surface area contributed by atoms with Crippen molar-refractivity contribution in [2.75, 3.05) is 0 Å². The summed E-state index contributed by atoms with van der Waals surface area (Å²) < 4.78 is 62.6. The maximum Gasteiger partial charge on any atom is 0.383 e. The minimum absolute atomic E-state index is 0.210. The molecular weight excluding hydrogens is 269 g/mol. The number of hydrogen-bond acceptors (Lipinski definition) is 1. The summed E-state index contributed by atoms with van der Waals surface area (Å²) in [6.07, 6.45) is -4.09. The summed E-state index contributed by atoms with van der Waals surface area (Å²) in [7, 11) is 0. The Bertz CT molecular complexity index is 475. The van der Waals surface area contributed by atoms with E-state index in [0.29, 0.717) is 5.56 Å². The molecule has 1 N–H and O–H groups in total. The Morgan fingerprint density at radius 3 is 2.37 bits per heavy atom. The van der Waals surface area contributed by atoms with E-state index in [9.17, 15) is 26.7 Å². The number of halogens is 5. The van der Waals surface area contributed by atoms with E-state index in [2.05, 4.69) is 0 Å². The van der Waals surface area contributed by atoms with Crippen LogP contribution in [-0.4, -0.2) is 18.3 Å². The predicted octanol–water partition coefficient (Wildman–Crippen LogP) is 3.21. The number of carbonyl (C=O) groups excluding carboxylic acids is 1. The van der Waals surface area contributed by atoms with E-state index in [1.807, 2.05) is 0 Å². The van der Waals surface area contributed by atoms with Crippen molar-refractivity contribution in [1.29, 1.82) is 0 Å². The monoisotopic (exact) mass is 281 g/mol. The third kappa shape index (κ3) is 3.42. The Balaban J connectivity index is 2.82. The van der Waals surface area contributed by atoms with Gasteiger partial charge < -0.3 is 5.32 Å². The maximum atomic E-state index is 13.3. The number of alkyl halides is 4. The molecule has 0 saturated heterocycles. The Kier molecular flexibility index (Phi) is 4.49. The zero-order valence-corrected chi connectivity index (χ0v) is 10.2. The van der Waals surface area contributed by atoms with Crippen LogP contribution in [0.2, 0.25) is 0 Å². The second-order valence-electron chi connectivity index (χ2n) is 4.13. The van der Waals surface area contributed by atoms with Gasteiger partial charge in [-0.05, 0) is 31.0 Å². The number of nitrogens with one attached hydrogen (secondary N) is 1. The fourth-order valence-corrected chi connectivity index (χ4v) is 1.35. The molecule has 0 aliphatic rings. The predicted molar refractivity (Wildman–Crippen MR) is 58.6 cm³/mol. The SMILES string of the molecule is Cc1ccc(C(C)NC(=O)C(F)(F)C(F)F)cc1F. The van der Waals surface area contributed by atoms with Crippen molar-refractivity contribution in [2.45, 2.75) is 32.2 Å². The molecule has 1 rings (SSSR count). The molecule has 1 atom stereocenters. The molecule has 1 unspecified atom stereocenters. The van der Waals surface area contributed by atoms with Gasteiger partial charge in [-0.3, -0.25) is 4.79 Å². The number of benzene rings is 1. The molecule has 2 nitrogen and oxygen atoms in total. The lowest BCUT2D eigenvalue weighted by Gasteiger charge is -2.19. The second-order valence-corrected chi connectivity index (χ2v) is 4.13. The van der Waals surface area contributed by atoms with E-state index < -0.39 is 30.1 Å². The van der Waals surface area contributed by atoms with Crippen LogP contribution in [0.4, 0.5) is 22.0 Å². The van der Waals surface area contributed by atoms with Crippen molar-refractivity contribution in [2.24, 2.45) is 0 Å². The van der Waals surface area contributed by atoms with Crippen molar-refractivity contribution in [3.63, 3.8) is 0 Å². The van der Waals surface area contributed by atoms with Gasteiger partial charge in [0.25, 0.3) is 5.91 Å². The molecule has 0 aliphatic heterocycles. The quantitative estimate of drug-likeness (QED) is 0.844. The first-order chi connectivity index (χ1) is 8.66. The lowest BCUT2D eigenvalue weighted by molar-refractivity contribution is -0.170. The smallest absolute Gasteiger partial charge is 0.344 e. The third-order valence-electron chi connectivity index (χ3n) is 2.62. The molecule has 0 aromatic heterocycles. The summed E-state index contributed by atoms with van der Waals surface area (Å²) in [4.78, 5) is 11.0. The van der Waals surface area contributed by atoms with Gasteiger partial charge in [-0.2, -0.15) is 8.78 Å². The van der Waals surface area contributed by atoms with Gasteiger partial charge in [0, 0.05) is 0 Å². The highest BCUT2D eigenvalue weighted by molar-refractivity contribution is 5.84. The van der Waals surface area contributed by atoms with Gasteiger partial charge in [-0.15, -0.1) is 0 Å². The van der Waals surface area contributed by atoms with Crippen molar-refractivity contribution in [3.8, 4) is 0 Å². The molecule has 0 spiro atoms. The molecule has 0 fully saturated rings. The first-order valence-corrected chi connectivity index (χ1v) is 5.39. The van der Waals surface area contributed by atoms with Gasteiger partial charge in [-0.25, -0.2) is 13.2 Å². The zero-order valence-electron chi connectivity index (χ0n) is 10.2. The Morgan fingerprint density at radius 1 is 1.32 bits per heavy atom. The third-order valence-corrected chi connectivity index (χ3v) is 2.62. The lowest BCUT2D eigenvalue weighted by atomic mass is 10.1. The van der Waals surface area contributed by atoms with Crippen molar-refractivity contribution < 1.29 is 26.7 Å². The average Bonchev–Trinajstić information content (AvgIpc) is 2.32. The maximum absolute atomic E-state index is 13.3. The van der Waals surface area contributed by atoms with Crippen LogP contribution in [0.3, 0.4) is 0 Å². The van der Waals surface area contributed by atoms with Crippen LogP contribution in [0.1, 0.15) is 24.1 Å². The molecule has 0 heterocycles. The number of rotatable bonds is 4. The Hall–Kier alpha value is -1.66. The van der Waals surface area contributed by atoms with Gasteiger partial charge in [0.2, 0.25) is 0 Å². The van der Waals surface area contributed by atoms with Gasteiger partial charge in [0.1, 0.15) is 5.82 Å². The van der Waals surface area contributed by atoms with Crippen LogP contribution in [0.15, 0.2) is 18.2 Å². The fourth-order valence-electron chi connectivity index (χ4n) is 1.35. The molecule has 19 heavy (non-hydrogen) atoms. The standard InChI is InChI=1S/C12H12F5NO/c1-6-3-4-8(5-9(6)13)7(2)18-11(19)12(16,17)10(14)15/h3-5,7,10H,1-2H3,(H,18,19). The number of carbonyl (C=O) groups is 1. The summed E-state index contributed by atoms with van der Waals surface area (Å²) in [6.45, 7) is 2.80. The van der Waals surface area contributed by atoms with Crippen LogP contribution in [0.5, 0.6) is 0 Å². The largest absolute Gasteiger partial charge is 0.383 e. The van der Waals surface area contributed by atoms with E-state index in [0.717, 1.165) is 6.07 Å². The van der Waals surface area contributed by atoms with E-state index in [-0.39, 0.29) is 5.56 Å². The van der Waals surface area contributed by atoms with Crippen LogP contribution in [-0.2, 0) is 4.79 Å². The van der Waals surface area contributed by atoms with Gasteiger partial charge in [-0.1, -0.05) is 12.1 Å². The molecule has 0 saturated carbocycles. The second kappa shape index (κ2) is 5.54. The molecule has 0 bridgehead atoms. The summed E-state index contributed by atoms with van der Waals surface area (Å²) in [5.41, 5.74) is 0.557. The van der Waals surface area contributed by atoms with Crippen LogP contribution in [0.25, 0.3) is 0 Å². The fraction of sp³-hybridized carbons (Fsp3) is 0.417. The van der Waals surface area contributed by atoms with Crippen LogP contribution >= 0.6 is 0 Å². The highest BCUT2D eigenvalue weighted by Gasteiger charge is 2.49. The highest BCUT2D eigenvalue weighted by Crippen LogP contribution is 2.24. The molecule has 1 aromatic carbocycles. The molecule has 106 valence electrons. The summed E-state index contributed by atoms with van der Waals surface area (Å²) in [5.74, 6) is -7.42. The highest BCUT2D eigenvalue weighted by atomic mass is 19.3. The van der Waals surface area contributed by atoms with Crippen LogP contribution < -0.4 is 5.32 Å². The average molecular weight is 281 g/mol. The van der Waals surface area contributed by atoms with Crippen LogP contribution in [0, 0.1) is 12.7 Å². The van der Waals surface area contributed by atoms with E-state index in [4.69, 9.17) is 0 Å².